The van der Waals surface area contributed by atoms with Crippen molar-refractivity contribution < 1.29 is 14.6 Å². The first-order valence-corrected chi connectivity index (χ1v) is 8.72. The van der Waals surface area contributed by atoms with E-state index in [4.69, 9.17) is 9.84 Å². The molecule has 5 nitrogen and oxygen atoms in total. The Morgan fingerprint density at radius 2 is 2.00 bits per heavy atom. The van der Waals surface area contributed by atoms with E-state index in [2.05, 4.69) is 35.0 Å². The molecule has 3 rings (SSSR count). The van der Waals surface area contributed by atoms with Crippen LogP contribution in [0.4, 0.5) is 0 Å². The minimum atomic E-state index is -0.839. The predicted molar refractivity (Wildman–Crippen MR) is 103 cm³/mol. The molecule has 136 valence electrons. The van der Waals surface area contributed by atoms with Gasteiger partial charge in [0.05, 0.1) is 25.9 Å². The number of aliphatic imine (C=N–C) groups is 1. The SMILES string of the molecule is COc1ccc(CC(=O)O)cc1-c1ccc(C)cc1CN1CCN=C1C. The molecule has 0 fully saturated rings. The molecule has 0 radical (unpaired) electrons. The number of benzene rings is 2. The van der Waals surface area contributed by atoms with Gasteiger partial charge in [-0.2, -0.15) is 0 Å². The summed E-state index contributed by atoms with van der Waals surface area (Å²) in [6, 6.07) is 11.9. The maximum absolute atomic E-state index is 11.1. The average molecular weight is 352 g/mol. The second kappa shape index (κ2) is 7.60. The second-order valence-electron chi connectivity index (χ2n) is 6.62. The van der Waals surface area contributed by atoms with Crippen molar-refractivity contribution in [3.8, 4) is 16.9 Å². The number of carbonyl (C=O) groups is 1. The molecule has 2 aromatic rings. The van der Waals surface area contributed by atoms with Gasteiger partial charge in [0.15, 0.2) is 0 Å². The highest BCUT2D eigenvalue weighted by molar-refractivity contribution is 5.82. The quantitative estimate of drug-likeness (QED) is 0.864. The third kappa shape index (κ3) is 3.87. The van der Waals surface area contributed by atoms with Gasteiger partial charge in [-0.15, -0.1) is 0 Å². The van der Waals surface area contributed by atoms with Crippen molar-refractivity contribution >= 4 is 11.8 Å². The van der Waals surface area contributed by atoms with Crippen molar-refractivity contribution in [2.24, 2.45) is 4.99 Å². The Morgan fingerprint density at radius 3 is 2.65 bits per heavy atom. The fourth-order valence-corrected chi connectivity index (χ4v) is 3.36. The Bertz CT molecular complexity index is 858. The first-order valence-electron chi connectivity index (χ1n) is 8.72. The van der Waals surface area contributed by atoms with E-state index < -0.39 is 5.97 Å². The molecule has 0 unspecified atom stereocenters. The van der Waals surface area contributed by atoms with Crippen LogP contribution >= 0.6 is 0 Å². The van der Waals surface area contributed by atoms with Crippen LogP contribution in [0.1, 0.15) is 23.6 Å². The van der Waals surface area contributed by atoms with Gasteiger partial charge in [0.1, 0.15) is 5.75 Å². The topological polar surface area (TPSA) is 62.1 Å². The van der Waals surface area contributed by atoms with E-state index >= 15 is 0 Å². The van der Waals surface area contributed by atoms with E-state index in [0.29, 0.717) is 0 Å². The third-order valence-corrected chi connectivity index (χ3v) is 4.70. The zero-order valence-electron chi connectivity index (χ0n) is 15.5. The van der Waals surface area contributed by atoms with Crippen LogP contribution in [0, 0.1) is 6.92 Å². The monoisotopic (exact) mass is 352 g/mol. The van der Waals surface area contributed by atoms with Gasteiger partial charge in [-0.1, -0.05) is 29.8 Å². The molecule has 0 saturated carbocycles. The number of ether oxygens (including phenoxy) is 1. The molecule has 1 aliphatic rings. The van der Waals surface area contributed by atoms with Crippen molar-refractivity contribution in [2.75, 3.05) is 20.2 Å². The van der Waals surface area contributed by atoms with E-state index in [9.17, 15) is 4.79 Å². The summed E-state index contributed by atoms with van der Waals surface area (Å²) in [6.45, 7) is 6.66. The number of rotatable bonds is 6. The van der Waals surface area contributed by atoms with Crippen LogP contribution < -0.4 is 4.74 Å². The summed E-state index contributed by atoms with van der Waals surface area (Å²) in [7, 11) is 1.64. The summed E-state index contributed by atoms with van der Waals surface area (Å²) in [4.78, 5) is 17.8. The number of carboxylic acids is 1. The lowest BCUT2D eigenvalue weighted by atomic mass is 9.94. The average Bonchev–Trinajstić information content (AvgIpc) is 2.99. The van der Waals surface area contributed by atoms with Gasteiger partial charge in [0.25, 0.3) is 0 Å². The number of hydrogen-bond acceptors (Lipinski definition) is 4. The second-order valence-corrected chi connectivity index (χ2v) is 6.62. The molecular formula is C21H24N2O3. The van der Waals surface area contributed by atoms with E-state index in [1.54, 1.807) is 7.11 Å². The van der Waals surface area contributed by atoms with E-state index in [-0.39, 0.29) is 6.42 Å². The molecule has 1 N–H and O–H groups in total. The molecule has 26 heavy (non-hydrogen) atoms. The maximum Gasteiger partial charge on any atom is 0.307 e. The fourth-order valence-electron chi connectivity index (χ4n) is 3.36. The predicted octanol–water partition coefficient (Wildman–Crippen LogP) is 3.53. The van der Waals surface area contributed by atoms with Crippen LogP contribution in [0.3, 0.4) is 0 Å². The molecule has 5 heteroatoms. The van der Waals surface area contributed by atoms with Crippen LogP contribution in [0.2, 0.25) is 0 Å². The van der Waals surface area contributed by atoms with Crippen LogP contribution in [0.25, 0.3) is 11.1 Å². The van der Waals surface area contributed by atoms with Crippen molar-refractivity contribution in [1.29, 1.82) is 0 Å². The molecular weight excluding hydrogens is 328 g/mol. The normalized spacial score (nSPS) is 13.7. The minimum Gasteiger partial charge on any atom is -0.496 e. The number of carboxylic acid groups (broad SMARTS) is 1. The van der Waals surface area contributed by atoms with Crippen LogP contribution in [-0.2, 0) is 17.8 Å². The molecule has 1 aliphatic heterocycles. The first-order chi connectivity index (χ1) is 12.5. The van der Waals surface area contributed by atoms with Crippen molar-refractivity contribution in [2.45, 2.75) is 26.8 Å². The maximum atomic E-state index is 11.1. The summed E-state index contributed by atoms with van der Waals surface area (Å²) in [5.74, 6) is 0.967. The Kier molecular flexibility index (Phi) is 5.26. The summed E-state index contributed by atoms with van der Waals surface area (Å²) >= 11 is 0. The highest BCUT2D eigenvalue weighted by atomic mass is 16.5. The molecule has 0 atom stereocenters. The number of hydrogen-bond donors (Lipinski definition) is 1. The molecule has 0 aliphatic carbocycles. The Balaban J connectivity index is 2.05. The van der Waals surface area contributed by atoms with Gasteiger partial charge < -0.3 is 14.7 Å². The largest absolute Gasteiger partial charge is 0.496 e. The Labute approximate surface area is 153 Å². The van der Waals surface area contributed by atoms with Crippen LogP contribution in [-0.4, -0.2) is 42.0 Å². The van der Waals surface area contributed by atoms with Gasteiger partial charge in [-0.25, -0.2) is 0 Å². The smallest absolute Gasteiger partial charge is 0.307 e. The Hall–Kier alpha value is -2.82. The lowest BCUT2D eigenvalue weighted by molar-refractivity contribution is -0.136. The molecule has 0 aromatic heterocycles. The number of amidine groups is 1. The van der Waals surface area contributed by atoms with E-state index in [1.165, 1.54) is 11.1 Å². The highest BCUT2D eigenvalue weighted by Crippen LogP contribution is 2.34. The van der Waals surface area contributed by atoms with Gasteiger partial charge in [-0.05, 0) is 42.7 Å². The van der Waals surface area contributed by atoms with Crippen molar-refractivity contribution in [3.63, 3.8) is 0 Å². The fraction of sp³-hybridized carbons (Fsp3) is 0.333. The lowest BCUT2D eigenvalue weighted by Gasteiger charge is -2.22. The zero-order valence-corrected chi connectivity index (χ0v) is 15.5. The summed E-state index contributed by atoms with van der Waals surface area (Å²) < 4.78 is 5.55. The van der Waals surface area contributed by atoms with E-state index in [0.717, 1.165) is 47.9 Å². The van der Waals surface area contributed by atoms with Gasteiger partial charge in [-0.3, -0.25) is 9.79 Å². The molecule has 0 spiro atoms. The summed E-state index contributed by atoms with van der Waals surface area (Å²) in [6.07, 6.45) is -0.00389. The minimum absolute atomic E-state index is 0.00389. The highest BCUT2D eigenvalue weighted by Gasteiger charge is 2.17. The van der Waals surface area contributed by atoms with Gasteiger partial charge in [0.2, 0.25) is 0 Å². The number of aliphatic carboxylic acids is 1. The van der Waals surface area contributed by atoms with Crippen molar-refractivity contribution in [3.05, 3.63) is 53.1 Å². The molecule has 1 heterocycles. The third-order valence-electron chi connectivity index (χ3n) is 4.70. The standard InChI is InChI=1S/C21H24N2O3/c1-14-4-6-18(17(10-14)13-23-9-8-22-15(23)2)19-11-16(12-21(24)25)5-7-20(19)26-3/h4-7,10-11H,8-9,12-13H2,1-3H3,(H,24,25). The summed E-state index contributed by atoms with van der Waals surface area (Å²) in [5, 5.41) is 9.11. The van der Waals surface area contributed by atoms with Crippen LogP contribution in [0.5, 0.6) is 5.75 Å². The molecule has 2 aromatic carbocycles. The number of methoxy groups -OCH3 is 1. The summed E-state index contributed by atoms with van der Waals surface area (Å²) in [5.41, 5.74) is 5.14. The molecule has 0 amide bonds. The number of aryl methyl sites for hydroxylation is 1. The lowest BCUT2D eigenvalue weighted by Crippen LogP contribution is -2.25. The molecule has 0 bridgehead atoms. The van der Waals surface area contributed by atoms with Crippen LogP contribution in [0.15, 0.2) is 41.4 Å². The molecule has 0 saturated heterocycles. The Morgan fingerprint density at radius 1 is 1.19 bits per heavy atom. The first kappa shape index (κ1) is 18.0. The van der Waals surface area contributed by atoms with Crippen molar-refractivity contribution in [1.82, 2.24) is 4.90 Å². The van der Waals surface area contributed by atoms with Gasteiger partial charge >= 0.3 is 5.97 Å². The number of nitrogens with zero attached hydrogens (tertiary/aromatic N) is 2. The zero-order chi connectivity index (χ0) is 18.7. The van der Waals surface area contributed by atoms with Gasteiger partial charge in [0, 0.05) is 18.7 Å². The van der Waals surface area contributed by atoms with E-state index in [1.807, 2.05) is 25.1 Å².